The van der Waals surface area contributed by atoms with Gasteiger partial charge in [0.25, 0.3) is 5.91 Å². The topological polar surface area (TPSA) is 69.6 Å². The lowest BCUT2D eigenvalue weighted by molar-refractivity contribution is -0.137. The Hall–Kier alpha value is -1.88. The number of hydrogen-bond acceptors (Lipinski definition) is 3. The molecule has 0 radical (unpaired) electrons. The third kappa shape index (κ3) is 4.86. The molecule has 0 spiro atoms. The first-order valence-electron chi connectivity index (χ1n) is 7.46. The van der Waals surface area contributed by atoms with Crippen molar-refractivity contribution < 1.29 is 14.7 Å². The van der Waals surface area contributed by atoms with Crippen LogP contribution in [0.4, 0.5) is 0 Å². The van der Waals surface area contributed by atoms with Gasteiger partial charge in [0, 0.05) is 24.7 Å². The number of carboxylic acids is 1. The molecule has 0 bridgehead atoms. The molecule has 0 aromatic heterocycles. The Bertz CT molecular complexity index is 476. The van der Waals surface area contributed by atoms with Gasteiger partial charge in [-0.1, -0.05) is 24.6 Å². The maximum absolute atomic E-state index is 12.0. The number of aliphatic carboxylic acids is 1. The molecule has 114 valence electrons. The maximum Gasteiger partial charge on any atom is 0.304 e. The summed E-state index contributed by atoms with van der Waals surface area (Å²) in [5, 5.41) is 11.8. The Balaban J connectivity index is 1.84. The Kier molecular flexibility index (Phi) is 5.75. The highest BCUT2D eigenvalue weighted by Gasteiger charge is 2.23. The monoisotopic (exact) mass is 290 g/mol. The van der Waals surface area contributed by atoms with Crippen molar-refractivity contribution in [2.45, 2.75) is 31.7 Å². The number of nitrogens with one attached hydrogen (secondary N) is 1. The number of hydrogen-bond donors (Lipinski definition) is 2. The highest BCUT2D eigenvalue weighted by atomic mass is 16.4. The van der Waals surface area contributed by atoms with Crippen LogP contribution in [0, 0.1) is 0 Å². The zero-order valence-corrected chi connectivity index (χ0v) is 12.1. The van der Waals surface area contributed by atoms with Gasteiger partial charge in [-0.25, -0.2) is 0 Å². The molecule has 1 fully saturated rings. The Labute approximate surface area is 125 Å². The number of rotatable bonds is 6. The second kappa shape index (κ2) is 7.78. The van der Waals surface area contributed by atoms with E-state index in [9.17, 15) is 9.59 Å². The van der Waals surface area contributed by atoms with Gasteiger partial charge in [-0.05, 0) is 31.5 Å². The summed E-state index contributed by atoms with van der Waals surface area (Å²) in [6.07, 6.45) is 3.40. The van der Waals surface area contributed by atoms with E-state index in [1.807, 2.05) is 18.2 Å². The molecule has 1 saturated heterocycles. The van der Waals surface area contributed by atoms with Gasteiger partial charge in [0.05, 0.1) is 6.42 Å². The van der Waals surface area contributed by atoms with Gasteiger partial charge >= 0.3 is 5.97 Å². The van der Waals surface area contributed by atoms with E-state index in [1.165, 1.54) is 0 Å². The second-order valence-corrected chi connectivity index (χ2v) is 5.41. The van der Waals surface area contributed by atoms with Crippen molar-refractivity contribution in [3.63, 3.8) is 0 Å². The van der Waals surface area contributed by atoms with Gasteiger partial charge in [-0.15, -0.1) is 0 Å². The zero-order valence-electron chi connectivity index (χ0n) is 12.1. The summed E-state index contributed by atoms with van der Waals surface area (Å²) in [7, 11) is 0. The second-order valence-electron chi connectivity index (χ2n) is 5.41. The van der Waals surface area contributed by atoms with Gasteiger partial charge in [0.2, 0.25) is 0 Å². The molecular formula is C16H22N2O3. The van der Waals surface area contributed by atoms with Gasteiger partial charge in [-0.3, -0.25) is 14.5 Å². The number of nitrogens with zero attached hydrogens (tertiary/aromatic N) is 1. The van der Waals surface area contributed by atoms with E-state index in [0.29, 0.717) is 18.7 Å². The molecule has 5 heteroatoms. The van der Waals surface area contributed by atoms with Crippen LogP contribution in [0.2, 0.25) is 0 Å². The van der Waals surface area contributed by atoms with Crippen LogP contribution in [0.25, 0.3) is 0 Å². The molecule has 0 saturated carbocycles. The summed E-state index contributed by atoms with van der Waals surface area (Å²) in [6.45, 7) is 2.05. The molecule has 0 aliphatic carbocycles. The molecular weight excluding hydrogens is 268 g/mol. The normalized spacial score (nSPS) is 19.1. The van der Waals surface area contributed by atoms with E-state index in [2.05, 4.69) is 10.2 Å². The van der Waals surface area contributed by atoms with Crippen molar-refractivity contribution in [1.29, 1.82) is 0 Å². The fourth-order valence-electron chi connectivity index (χ4n) is 2.73. The van der Waals surface area contributed by atoms with Crippen LogP contribution in [0.5, 0.6) is 0 Å². The average Bonchev–Trinajstić information content (AvgIpc) is 2.52. The number of carboxylic acid groups (broad SMARTS) is 1. The quantitative estimate of drug-likeness (QED) is 0.837. The SMILES string of the molecule is O=C(O)CCN1CCCC[C@@H]1CNC(=O)c1ccccc1. The Morgan fingerprint density at radius 1 is 1.24 bits per heavy atom. The van der Waals surface area contributed by atoms with Crippen molar-refractivity contribution in [2.24, 2.45) is 0 Å². The molecule has 1 aromatic carbocycles. The number of likely N-dealkylation sites (tertiary alicyclic amines) is 1. The van der Waals surface area contributed by atoms with Gasteiger partial charge in [0.1, 0.15) is 0 Å². The van der Waals surface area contributed by atoms with E-state index < -0.39 is 5.97 Å². The van der Waals surface area contributed by atoms with Crippen molar-refractivity contribution in [1.82, 2.24) is 10.2 Å². The first kappa shape index (κ1) is 15.5. The highest BCUT2D eigenvalue weighted by Crippen LogP contribution is 2.16. The summed E-state index contributed by atoms with van der Waals surface area (Å²) in [4.78, 5) is 24.9. The number of piperidine rings is 1. The van der Waals surface area contributed by atoms with Crippen LogP contribution in [-0.4, -0.2) is 47.6 Å². The summed E-state index contributed by atoms with van der Waals surface area (Å²) >= 11 is 0. The van der Waals surface area contributed by atoms with Crippen LogP contribution in [0.15, 0.2) is 30.3 Å². The highest BCUT2D eigenvalue weighted by molar-refractivity contribution is 5.94. The number of benzene rings is 1. The number of carbonyl (C=O) groups is 2. The van der Waals surface area contributed by atoms with E-state index >= 15 is 0 Å². The molecule has 2 N–H and O–H groups in total. The van der Waals surface area contributed by atoms with Crippen LogP contribution in [-0.2, 0) is 4.79 Å². The van der Waals surface area contributed by atoms with Crippen LogP contribution < -0.4 is 5.32 Å². The van der Waals surface area contributed by atoms with Crippen molar-refractivity contribution in [2.75, 3.05) is 19.6 Å². The largest absolute Gasteiger partial charge is 0.481 e. The lowest BCUT2D eigenvalue weighted by atomic mass is 10.0. The Morgan fingerprint density at radius 3 is 2.71 bits per heavy atom. The Morgan fingerprint density at radius 2 is 2.00 bits per heavy atom. The molecule has 1 heterocycles. The lowest BCUT2D eigenvalue weighted by Crippen LogP contribution is -2.47. The number of amides is 1. The van der Waals surface area contributed by atoms with Gasteiger partial charge in [0.15, 0.2) is 0 Å². The molecule has 1 amide bonds. The van der Waals surface area contributed by atoms with E-state index in [-0.39, 0.29) is 18.4 Å². The molecule has 1 aliphatic heterocycles. The smallest absolute Gasteiger partial charge is 0.304 e. The molecule has 0 unspecified atom stereocenters. The summed E-state index contributed by atoms with van der Waals surface area (Å²) in [6, 6.07) is 9.39. The van der Waals surface area contributed by atoms with E-state index in [1.54, 1.807) is 12.1 Å². The predicted octanol–water partition coefficient (Wildman–Crippen LogP) is 1.75. The summed E-state index contributed by atoms with van der Waals surface area (Å²) in [5.41, 5.74) is 0.658. The first-order chi connectivity index (χ1) is 10.2. The minimum Gasteiger partial charge on any atom is -0.481 e. The molecule has 1 aromatic rings. The van der Waals surface area contributed by atoms with Crippen molar-refractivity contribution in [3.05, 3.63) is 35.9 Å². The standard InChI is InChI=1S/C16H22N2O3/c19-15(20)9-11-18-10-5-4-8-14(18)12-17-16(21)13-6-2-1-3-7-13/h1-3,6-7,14H,4-5,8-12H2,(H,17,21)(H,19,20)/t14-/m1/s1. The molecule has 21 heavy (non-hydrogen) atoms. The zero-order chi connectivity index (χ0) is 15.1. The first-order valence-corrected chi connectivity index (χ1v) is 7.46. The van der Waals surface area contributed by atoms with Gasteiger partial charge in [-0.2, -0.15) is 0 Å². The molecule has 1 aliphatic rings. The third-order valence-electron chi connectivity index (χ3n) is 3.90. The van der Waals surface area contributed by atoms with Crippen LogP contribution >= 0.6 is 0 Å². The maximum atomic E-state index is 12.0. The van der Waals surface area contributed by atoms with Crippen LogP contribution in [0.1, 0.15) is 36.0 Å². The lowest BCUT2D eigenvalue weighted by Gasteiger charge is -2.35. The molecule has 2 rings (SSSR count). The van der Waals surface area contributed by atoms with Crippen molar-refractivity contribution in [3.8, 4) is 0 Å². The predicted molar refractivity (Wildman–Crippen MR) is 80.2 cm³/mol. The minimum absolute atomic E-state index is 0.0700. The molecule has 1 atom stereocenters. The summed E-state index contributed by atoms with van der Waals surface area (Å²) in [5.74, 6) is -0.841. The fraction of sp³-hybridized carbons (Fsp3) is 0.500. The molecule has 5 nitrogen and oxygen atoms in total. The minimum atomic E-state index is -0.771. The summed E-state index contributed by atoms with van der Waals surface area (Å²) < 4.78 is 0. The van der Waals surface area contributed by atoms with E-state index in [0.717, 1.165) is 25.8 Å². The third-order valence-corrected chi connectivity index (χ3v) is 3.90. The number of carbonyl (C=O) groups excluding carboxylic acids is 1. The fourth-order valence-corrected chi connectivity index (χ4v) is 2.73. The van der Waals surface area contributed by atoms with Crippen molar-refractivity contribution >= 4 is 11.9 Å². The van der Waals surface area contributed by atoms with E-state index in [4.69, 9.17) is 5.11 Å². The average molecular weight is 290 g/mol. The van der Waals surface area contributed by atoms with Gasteiger partial charge < -0.3 is 10.4 Å². The van der Waals surface area contributed by atoms with Crippen LogP contribution in [0.3, 0.4) is 0 Å².